The number of hydrogen-bond acceptors (Lipinski definition) is 4. The molecule has 1 spiro atoms. The molecule has 1 saturated heterocycles. The van der Waals surface area contributed by atoms with Crippen molar-refractivity contribution >= 4 is 17.7 Å². The molecule has 7 nitrogen and oxygen atoms in total. The number of nitrogens with zero attached hydrogens (tertiary/aromatic N) is 3. The molecule has 0 atom stereocenters. The van der Waals surface area contributed by atoms with Crippen LogP contribution in [-0.2, 0) is 11.8 Å². The van der Waals surface area contributed by atoms with E-state index >= 15 is 0 Å². The number of pyridine rings is 1. The van der Waals surface area contributed by atoms with E-state index in [1.54, 1.807) is 36.1 Å². The Hall–Kier alpha value is -3.10. The number of carbonyl (C=O) groups is 3. The van der Waals surface area contributed by atoms with Crippen molar-refractivity contribution in [1.29, 1.82) is 0 Å². The largest absolute Gasteiger partial charge is 0.341 e. The third-order valence-corrected chi connectivity index (χ3v) is 6.03. The highest BCUT2D eigenvalue weighted by molar-refractivity contribution is 6.11. The monoisotopic (exact) mass is 416 g/mol. The Bertz CT molecular complexity index is 1020. The van der Waals surface area contributed by atoms with E-state index in [1.807, 2.05) is 13.0 Å². The van der Waals surface area contributed by atoms with Gasteiger partial charge in [-0.2, -0.15) is 0 Å². The van der Waals surface area contributed by atoms with E-state index in [4.69, 9.17) is 0 Å². The molecule has 1 saturated carbocycles. The van der Waals surface area contributed by atoms with Crippen molar-refractivity contribution in [3.05, 3.63) is 41.9 Å². The fourth-order valence-electron chi connectivity index (χ4n) is 4.37. The van der Waals surface area contributed by atoms with Gasteiger partial charge in [-0.3, -0.25) is 19.5 Å². The van der Waals surface area contributed by atoms with Crippen molar-refractivity contribution in [2.45, 2.75) is 44.1 Å². The summed E-state index contributed by atoms with van der Waals surface area (Å²) in [4.78, 5) is 43.2. The molecule has 0 radical (unpaired) electrons. The van der Waals surface area contributed by atoms with Crippen LogP contribution in [0.2, 0.25) is 0 Å². The van der Waals surface area contributed by atoms with E-state index in [2.05, 4.69) is 10.3 Å². The summed E-state index contributed by atoms with van der Waals surface area (Å²) in [6.07, 6.45) is 2.14. The second-order valence-electron chi connectivity index (χ2n) is 8.04. The average Bonchev–Trinajstić information content (AvgIpc) is 3.13. The van der Waals surface area contributed by atoms with E-state index in [-0.39, 0.29) is 12.8 Å². The number of halogens is 2. The predicted octanol–water partition coefficient (Wildman–Crippen LogP) is 3.08. The SMILES string of the molecule is Cc1cc(C(=O)CN2C(=O)NC3(CCC(F)(F)CC3)C2=O)n(C)c1-c1cccnc1. The number of ketones is 1. The number of imide groups is 1. The van der Waals surface area contributed by atoms with Crippen LogP contribution in [0.3, 0.4) is 0 Å². The minimum absolute atomic E-state index is 0.135. The first-order valence-corrected chi connectivity index (χ1v) is 9.75. The maximum Gasteiger partial charge on any atom is 0.325 e. The molecule has 1 N–H and O–H groups in total. The van der Waals surface area contributed by atoms with Gasteiger partial charge in [0.2, 0.25) is 5.92 Å². The van der Waals surface area contributed by atoms with E-state index in [0.717, 1.165) is 21.7 Å². The number of aromatic nitrogens is 2. The summed E-state index contributed by atoms with van der Waals surface area (Å²) in [5.41, 5.74) is 1.53. The van der Waals surface area contributed by atoms with Crippen LogP contribution >= 0.6 is 0 Å². The Morgan fingerprint density at radius 2 is 1.93 bits per heavy atom. The number of alkyl halides is 2. The second kappa shape index (κ2) is 7.00. The third-order valence-electron chi connectivity index (χ3n) is 6.03. The van der Waals surface area contributed by atoms with Crippen molar-refractivity contribution in [3.63, 3.8) is 0 Å². The minimum atomic E-state index is -2.83. The zero-order valence-electron chi connectivity index (χ0n) is 16.7. The number of hydrogen-bond donors (Lipinski definition) is 1. The van der Waals surface area contributed by atoms with Gasteiger partial charge in [0.15, 0.2) is 5.78 Å². The first-order chi connectivity index (χ1) is 14.1. The van der Waals surface area contributed by atoms with Gasteiger partial charge in [-0.05, 0) is 43.5 Å². The first-order valence-electron chi connectivity index (χ1n) is 9.75. The lowest BCUT2D eigenvalue weighted by Crippen LogP contribution is -2.51. The van der Waals surface area contributed by atoms with Crippen LogP contribution in [0.4, 0.5) is 13.6 Å². The van der Waals surface area contributed by atoms with Gasteiger partial charge < -0.3 is 9.88 Å². The number of carbonyl (C=O) groups excluding carboxylic acids is 3. The smallest absolute Gasteiger partial charge is 0.325 e. The first kappa shape index (κ1) is 20.2. The van der Waals surface area contributed by atoms with Gasteiger partial charge in [-0.25, -0.2) is 13.6 Å². The molecular weight excluding hydrogens is 394 g/mol. The molecule has 30 heavy (non-hydrogen) atoms. The second-order valence-corrected chi connectivity index (χ2v) is 8.04. The molecule has 2 fully saturated rings. The average molecular weight is 416 g/mol. The lowest BCUT2D eigenvalue weighted by atomic mass is 9.80. The highest BCUT2D eigenvalue weighted by Gasteiger charge is 2.55. The van der Waals surface area contributed by atoms with E-state index < -0.39 is 48.6 Å². The number of Topliss-reactive ketones (excluding diaryl/α,β-unsaturated/α-hetero) is 1. The van der Waals surface area contributed by atoms with Gasteiger partial charge in [0.05, 0.1) is 17.9 Å². The van der Waals surface area contributed by atoms with Crippen LogP contribution in [0.15, 0.2) is 30.6 Å². The molecule has 1 aliphatic heterocycles. The standard InChI is InChI=1S/C21H22F2N4O3/c1-13-10-15(26(2)17(13)14-4-3-9-24-11-14)16(28)12-27-18(29)20(25-19(27)30)5-7-21(22,23)8-6-20/h3-4,9-11H,5-8,12H2,1-2H3,(H,25,30). The van der Waals surface area contributed by atoms with Gasteiger partial charge in [0.1, 0.15) is 5.54 Å². The molecular formula is C21H22F2N4O3. The van der Waals surface area contributed by atoms with E-state index in [0.29, 0.717) is 5.69 Å². The zero-order chi connectivity index (χ0) is 21.7. The van der Waals surface area contributed by atoms with E-state index in [1.165, 1.54) is 0 Å². The van der Waals surface area contributed by atoms with Crippen molar-refractivity contribution in [2.75, 3.05) is 6.54 Å². The molecule has 158 valence electrons. The van der Waals surface area contributed by atoms with Crippen molar-refractivity contribution < 1.29 is 23.2 Å². The fraction of sp³-hybridized carbons (Fsp3) is 0.429. The summed E-state index contributed by atoms with van der Waals surface area (Å²) in [5.74, 6) is -3.84. The molecule has 0 aromatic carbocycles. The zero-order valence-corrected chi connectivity index (χ0v) is 16.7. The molecule has 3 heterocycles. The van der Waals surface area contributed by atoms with Crippen LogP contribution in [0.25, 0.3) is 11.3 Å². The number of aryl methyl sites for hydroxylation is 1. The lowest BCUT2D eigenvalue weighted by molar-refractivity contribution is -0.135. The molecule has 2 aromatic heterocycles. The van der Waals surface area contributed by atoms with Crippen LogP contribution in [-0.4, -0.2) is 50.2 Å². The third kappa shape index (κ3) is 3.28. The number of nitrogens with one attached hydrogen (secondary N) is 1. The maximum absolute atomic E-state index is 13.5. The Morgan fingerprint density at radius 1 is 1.23 bits per heavy atom. The van der Waals surface area contributed by atoms with E-state index in [9.17, 15) is 23.2 Å². The van der Waals surface area contributed by atoms with Gasteiger partial charge in [-0.1, -0.05) is 0 Å². The van der Waals surface area contributed by atoms with Crippen molar-refractivity contribution in [2.24, 2.45) is 7.05 Å². The molecule has 9 heteroatoms. The summed E-state index contributed by atoms with van der Waals surface area (Å²) in [5, 5.41) is 2.56. The molecule has 1 aliphatic carbocycles. The summed E-state index contributed by atoms with van der Waals surface area (Å²) in [6.45, 7) is 1.43. The molecule has 0 unspecified atom stereocenters. The minimum Gasteiger partial charge on any atom is -0.341 e. The number of rotatable bonds is 4. The summed E-state index contributed by atoms with van der Waals surface area (Å²) >= 11 is 0. The van der Waals surface area contributed by atoms with Gasteiger partial charge in [-0.15, -0.1) is 0 Å². The highest BCUT2D eigenvalue weighted by atomic mass is 19.3. The van der Waals surface area contributed by atoms with Crippen molar-refractivity contribution in [1.82, 2.24) is 19.8 Å². The van der Waals surface area contributed by atoms with Crippen LogP contribution in [0.1, 0.15) is 41.7 Å². The molecule has 2 aromatic rings. The summed E-state index contributed by atoms with van der Waals surface area (Å²) in [6, 6.07) is 4.67. The van der Waals surface area contributed by atoms with Gasteiger partial charge in [0.25, 0.3) is 5.91 Å². The lowest BCUT2D eigenvalue weighted by Gasteiger charge is -2.34. The van der Waals surface area contributed by atoms with Gasteiger partial charge in [0, 0.05) is 37.8 Å². The Morgan fingerprint density at radius 3 is 2.57 bits per heavy atom. The Labute approximate surface area is 172 Å². The van der Waals surface area contributed by atoms with Crippen LogP contribution in [0.5, 0.6) is 0 Å². The molecule has 0 bridgehead atoms. The molecule has 4 rings (SSSR count). The fourth-order valence-corrected chi connectivity index (χ4v) is 4.37. The quantitative estimate of drug-likeness (QED) is 0.613. The highest BCUT2D eigenvalue weighted by Crippen LogP contribution is 2.41. The van der Waals surface area contributed by atoms with Crippen LogP contribution < -0.4 is 5.32 Å². The summed E-state index contributed by atoms with van der Waals surface area (Å²) in [7, 11) is 1.74. The Balaban J connectivity index is 1.55. The van der Waals surface area contributed by atoms with Gasteiger partial charge >= 0.3 is 6.03 Å². The molecule has 3 amide bonds. The normalized spacial score (nSPS) is 19.9. The maximum atomic E-state index is 13.5. The Kier molecular flexibility index (Phi) is 4.71. The molecule has 2 aliphatic rings. The topological polar surface area (TPSA) is 84.3 Å². The van der Waals surface area contributed by atoms with Crippen molar-refractivity contribution in [3.8, 4) is 11.3 Å². The number of amides is 3. The predicted molar refractivity (Wildman–Crippen MR) is 104 cm³/mol. The van der Waals surface area contributed by atoms with Crippen LogP contribution in [0, 0.1) is 6.92 Å². The summed E-state index contributed by atoms with van der Waals surface area (Å²) < 4.78 is 28.8. The number of urea groups is 1.